The van der Waals surface area contributed by atoms with Crippen molar-refractivity contribution in [1.29, 1.82) is 0 Å². The van der Waals surface area contributed by atoms with Crippen molar-refractivity contribution in [2.75, 3.05) is 27.3 Å². The van der Waals surface area contributed by atoms with Gasteiger partial charge in [-0.1, -0.05) is 52.0 Å². The van der Waals surface area contributed by atoms with Gasteiger partial charge >= 0.3 is 12.2 Å². The Labute approximate surface area is 348 Å². The van der Waals surface area contributed by atoms with Crippen LogP contribution in [0.5, 0.6) is 0 Å². The Morgan fingerprint density at radius 1 is 0.717 bits per heavy atom. The van der Waals surface area contributed by atoms with Crippen molar-refractivity contribution >= 4 is 67.9 Å². The summed E-state index contributed by atoms with van der Waals surface area (Å²) >= 11 is 0. The SMILES string of the molecule is COC(=O)N[C@H](C(=O)N1CCC[C@H]1C1=NC=C(c2ccc3c4ccc(-c5cnc([C@@H]6CCCN6C(=O)[C@@H](NC(=O)OC)C(C)C)[nH]5)cc4c4nccnc4c3c2)C1)C(C)C. The van der Waals surface area contributed by atoms with Gasteiger partial charge in [-0.25, -0.2) is 14.6 Å². The summed E-state index contributed by atoms with van der Waals surface area (Å²) in [4.78, 5) is 78.0. The standard InChI is InChI=1S/C45H51N9O6/c1-24(2)37(51-44(57)59-5)42(55)53-17-7-9-35(53)33-21-28(22-48-33)26-11-13-29-30-14-12-27(20-32(30)40-39(31(29)19-26)46-15-16-47-40)34-23-49-41(50-34)36-10-8-18-54(36)43(56)38(25(3)4)52-45(58)60-6/h11-16,19-20,22-25,35-38H,7-10,17-18,21H2,1-6H3,(H,49,50)(H,51,57)(H,52,58)/t35-,36-,37-,38-/m0/s1. The molecule has 5 heterocycles. The van der Waals surface area contributed by atoms with Gasteiger partial charge in [-0.3, -0.25) is 24.5 Å². The number of nitrogens with zero attached hydrogens (tertiary/aromatic N) is 6. The molecule has 0 radical (unpaired) electrons. The number of aromatic amines is 1. The predicted molar refractivity (Wildman–Crippen MR) is 229 cm³/mol. The fourth-order valence-corrected chi connectivity index (χ4v) is 8.98. The summed E-state index contributed by atoms with van der Waals surface area (Å²) in [6.45, 7) is 8.81. The molecule has 0 saturated carbocycles. The number of allylic oxidation sites excluding steroid dienone is 1. The van der Waals surface area contributed by atoms with Crippen LogP contribution in [0.3, 0.4) is 0 Å². The number of nitrogens with one attached hydrogen (secondary N) is 3. The Balaban J connectivity index is 1.04. The van der Waals surface area contributed by atoms with Gasteiger partial charge in [0.1, 0.15) is 17.9 Å². The second-order valence-electron chi connectivity index (χ2n) is 16.5. The first kappa shape index (κ1) is 40.4. The van der Waals surface area contributed by atoms with E-state index in [4.69, 9.17) is 29.4 Å². The zero-order valence-electron chi connectivity index (χ0n) is 34.8. The molecule has 0 aliphatic carbocycles. The number of hydrogen-bond donors (Lipinski definition) is 3. The van der Waals surface area contributed by atoms with Gasteiger partial charge in [0.15, 0.2) is 0 Å². The molecule has 15 nitrogen and oxygen atoms in total. The number of amides is 4. The number of fused-ring (bicyclic) bond motifs is 6. The van der Waals surface area contributed by atoms with Crippen molar-refractivity contribution in [3.8, 4) is 11.3 Å². The van der Waals surface area contributed by atoms with Crippen molar-refractivity contribution in [1.82, 2.24) is 40.4 Å². The van der Waals surface area contributed by atoms with E-state index in [1.54, 1.807) is 18.6 Å². The van der Waals surface area contributed by atoms with E-state index in [2.05, 4.69) is 52.0 Å². The topological polar surface area (TPSA) is 184 Å². The number of carbonyl (C=O) groups excluding carboxylic acids is 4. The van der Waals surface area contributed by atoms with Crippen LogP contribution in [-0.2, 0) is 19.1 Å². The normalized spacial score (nSPS) is 18.9. The molecule has 2 saturated heterocycles. The van der Waals surface area contributed by atoms with Gasteiger partial charge in [-0.15, -0.1) is 0 Å². The summed E-state index contributed by atoms with van der Waals surface area (Å²) in [6, 6.07) is 10.9. The molecule has 312 valence electrons. The Bertz CT molecular complexity index is 2540. The van der Waals surface area contributed by atoms with Crippen LogP contribution in [0.2, 0.25) is 0 Å². The summed E-state index contributed by atoms with van der Waals surface area (Å²) in [7, 11) is 2.59. The molecule has 0 spiro atoms. The number of aliphatic imine (C=N–C) groups is 1. The average Bonchev–Trinajstić information content (AvgIpc) is 4.10. The van der Waals surface area contributed by atoms with Crippen molar-refractivity contribution in [2.24, 2.45) is 16.8 Å². The van der Waals surface area contributed by atoms with Gasteiger partial charge in [0.05, 0.1) is 49.2 Å². The third kappa shape index (κ3) is 7.52. The van der Waals surface area contributed by atoms with Gasteiger partial charge in [0.2, 0.25) is 11.8 Å². The molecular weight excluding hydrogens is 763 g/mol. The third-order valence-electron chi connectivity index (χ3n) is 12.1. The van der Waals surface area contributed by atoms with Crippen LogP contribution in [0.4, 0.5) is 9.59 Å². The van der Waals surface area contributed by atoms with E-state index in [1.165, 1.54) is 14.2 Å². The van der Waals surface area contributed by atoms with Gasteiger partial charge in [-0.2, -0.15) is 0 Å². The molecule has 60 heavy (non-hydrogen) atoms. The number of rotatable bonds is 10. The van der Waals surface area contributed by atoms with E-state index < -0.39 is 24.3 Å². The highest BCUT2D eigenvalue weighted by molar-refractivity contribution is 6.24. The van der Waals surface area contributed by atoms with Crippen LogP contribution in [0, 0.1) is 11.8 Å². The smallest absolute Gasteiger partial charge is 0.407 e. The number of carbonyl (C=O) groups is 4. The summed E-state index contributed by atoms with van der Waals surface area (Å²) < 4.78 is 9.59. The summed E-state index contributed by atoms with van der Waals surface area (Å²) in [6.07, 6.45) is 9.75. The molecule has 2 fully saturated rings. The minimum Gasteiger partial charge on any atom is -0.453 e. The quantitative estimate of drug-likeness (QED) is 0.126. The summed E-state index contributed by atoms with van der Waals surface area (Å²) in [5.74, 6) is 0.189. The number of likely N-dealkylation sites (tertiary alicyclic amines) is 2. The Kier molecular flexibility index (Phi) is 11.2. The Morgan fingerprint density at radius 2 is 1.25 bits per heavy atom. The highest BCUT2D eigenvalue weighted by Crippen LogP contribution is 2.39. The molecule has 15 heteroatoms. The number of hydrogen-bond acceptors (Lipinski definition) is 10. The zero-order valence-corrected chi connectivity index (χ0v) is 34.8. The Hall–Kier alpha value is -6.38. The van der Waals surface area contributed by atoms with E-state index in [0.717, 1.165) is 86.4 Å². The van der Waals surface area contributed by atoms with Gasteiger partial charge in [-0.05, 0) is 71.6 Å². The second kappa shape index (κ2) is 16.7. The minimum absolute atomic E-state index is 0.108. The van der Waals surface area contributed by atoms with Crippen LogP contribution < -0.4 is 10.6 Å². The maximum Gasteiger partial charge on any atom is 0.407 e. The molecule has 4 amide bonds. The number of imidazole rings is 1. The van der Waals surface area contributed by atoms with Gasteiger partial charge in [0, 0.05) is 60.2 Å². The lowest BCUT2D eigenvalue weighted by Gasteiger charge is -2.31. The first-order chi connectivity index (χ1) is 29.0. The maximum atomic E-state index is 13.7. The third-order valence-corrected chi connectivity index (χ3v) is 12.1. The molecule has 3 aliphatic rings. The zero-order chi connectivity index (χ0) is 42.2. The van der Waals surface area contributed by atoms with Crippen molar-refractivity contribution < 1.29 is 28.7 Å². The number of H-pyrrole nitrogens is 1. The van der Waals surface area contributed by atoms with E-state index in [0.29, 0.717) is 25.3 Å². The van der Waals surface area contributed by atoms with Crippen LogP contribution in [-0.4, -0.2) is 105 Å². The number of aromatic nitrogens is 4. The highest BCUT2D eigenvalue weighted by Gasteiger charge is 2.39. The summed E-state index contributed by atoms with van der Waals surface area (Å²) in [5, 5.41) is 9.45. The monoisotopic (exact) mass is 813 g/mol. The first-order valence-corrected chi connectivity index (χ1v) is 20.7. The van der Waals surface area contributed by atoms with Crippen LogP contribution in [0.1, 0.15) is 77.2 Å². The van der Waals surface area contributed by atoms with E-state index in [9.17, 15) is 19.2 Å². The van der Waals surface area contributed by atoms with Crippen LogP contribution >= 0.6 is 0 Å². The molecule has 5 aromatic rings. The molecule has 3 N–H and O–H groups in total. The first-order valence-electron chi connectivity index (χ1n) is 20.7. The van der Waals surface area contributed by atoms with Crippen molar-refractivity contribution in [2.45, 2.75) is 84.0 Å². The fourth-order valence-electron chi connectivity index (χ4n) is 8.98. The van der Waals surface area contributed by atoms with E-state index >= 15 is 0 Å². The Morgan fingerprint density at radius 3 is 1.82 bits per heavy atom. The number of benzene rings is 3. The lowest BCUT2D eigenvalue weighted by Crippen LogP contribution is -2.53. The average molecular weight is 814 g/mol. The van der Waals surface area contributed by atoms with Crippen LogP contribution in [0.25, 0.3) is 49.4 Å². The van der Waals surface area contributed by atoms with E-state index in [-0.39, 0.29) is 35.7 Å². The number of methoxy groups -OCH3 is 2. The lowest BCUT2D eigenvalue weighted by atomic mass is 9.93. The molecule has 3 aliphatic heterocycles. The van der Waals surface area contributed by atoms with Crippen LogP contribution in [0.15, 0.2) is 66.2 Å². The van der Waals surface area contributed by atoms with Gasteiger partial charge < -0.3 is 34.9 Å². The van der Waals surface area contributed by atoms with Gasteiger partial charge in [0.25, 0.3) is 0 Å². The number of alkyl carbamates (subject to hydrolysis) is 2. The molecular formula is C45H51N9O6. The molecule has 0 unspecified atom stereocenters. The van der Waals surface area contributed by atoms with Crippen molar-refractivity contribution in [3.63, 3.8) is 0 Å². The number of ether oxygens (including phenoxy) is 2. The molecule has 3 aromatic carbocycles. The maximum absolute atomic E-state index is 13.7. The highest BCUT2D eigenvalue weighted by atomic mass is 16.5. The molecule has 2 aromatic heterocycles. The molecule has 0 bridgehead atoms. The van der Waals surface area contributed by atoms with Crippen molar-refractivity contribution in [3.05, 3.63) is 72.6 Å². The lowest BCUT2D eigenvalue weighted by molar-refractivity contribution is -0.135. The molecule has 8 rings (SSSR count). The predicted octanol–water partition coefficient (Wildman–Crippen LogP) is 6.93. The molecule has 4 atom stereocenters. The summed E-state index contributed by atoms with van der Waals surface area (Å²) in [5.41, 5.74) is 6.33. The minimum atomic E-state index is -0.712. The fraction of sp³-hybridized carbons (Fsp3) is 0.422. The second-order valence-corrected chi connectivity index (χ2v) is 16.5. The van der Waals surface area contributed by atoms with E-state index in [1.807, 2.05) is 43.7 Å². The largest absolute Gasteiger partial charge is 0.453 e.